The maximum absolute atomic E-state index is 10.3. The molecule has 0 aromatic heterocycles. The van der Waals surface area contributed by atoms with Crippen LogP contribution in [0, 0.1) is 18.8 Å². The van der Waals surface area contributed by atoms with Gasteiger partial charge >= 0.3 is 0 Å². The standard InChI is InChI=1S/C20H28N2O2/c1-11-4-9-16(23)20-17(11)18-14(12(2)22-10-13-5-6-13)7-8-15(21-3)19(18)24-20/h4,9,13-15,18-19,21,23H,5-8,10H2,1-3H3/t14?,15-,18?,19?/m1/s1. The van der Waals surface area contributed by atoms with Crippen LogP contribution in [0.4, 0.5) is 0 Å². The molecule has 1 aromatic carbocycles. The summed E-state index contributed by atoms with van der Waals surface area (Å²) < 4.78 is 6.28. The van der Waals surface area contributed by atoms with E-state index < -0.39 is 0 Å². The molecule has 0 saturated heterocycles. The normalized spacial score (nSPS) is 32.2. The summed E-state index contributed by atoms with van der Waals surface area (Å²) in [5, 5.41) is 13.7. The first-order chi connectivity index (χ1) is 11.6. The van der Waals surface area contributed by atoms with Crippen LogP contribution < -0.4 is 10.1 Å². The van der Waals surface area contributed by atoms with E-state index in [1.807, 2.05) is 13.1 Å². The number of phenolic OH excluding ortho intramolecular Hbond substituents is 1. The fourth-order valence-electron chi connectivity index (χ4n) is 4.53. The van der Waals surface area contributed by atoms with E-state index in [0.29, 0.717) is 23.6 Å². The van der Waals surface area contributed by atoms with Gasteiger partial charge in [0.1, 0.15) is 6.10 Å². The van der Waals surface area contributed by atoms with E-state index in [9.17, 15) is 5.11 Å². The zero-order chi connectivity index (χ0) is 16.8. The second kappa shape index (κ2) is 6.07. The average Bonchev–Trinajstić information content (AvgIpc) is 3.32. The van der Waals surface area contributed by atoms with E-state index in [4.69, 9.17) is 9.73 Å². The number of aromatic hydroxyl groups is 1. The van der Waals surface area contributed by atoms with Crippen LogP contribution in [0.15, 0.2) is 17.1 Å². The van der Waals surface area contributed by atoms with E-state index in [-0.39, 0.29) is 11.9 Å². The molecule has 130 valence electrons. The Morgan fingerprint density at radius 3 is 2.79 bits per heavy atom. The Bertz CT molecular complexity index is 666. The van der Waals surface area contributed by atoms with Crippen molar-refractivity contribution in [2.75, 3.05) is 13.6 Å². The number of ether oxygens (including phenoxy) is 1. The van der Waals surface area contributed by atoms with Crippen LogP contribution in [-0.4, -0.2) is 36.6 Å². The highest BCUT2D eigenvalue weighted by molar-refractivity contribution is 5.86. The number of aryl methyl sites for hydroxylation is 1. The summed E-state index contributed by atoms with van der Waals surface area (Å²) in [5.74, 6) is 2.50. The molecule has 0 spiro atoms. The van der Waals surface area contributed by atoms with E-state index in [1.165, 1.54) is 29.7 Å². The van der Waals surface area contributed by atoms with E-state index in [0.717, 1.165) is 25.3 Å². The molecule has 2 aliphatic carbocycles. The van der Waals surface area contributed by atoms with Gasteiger partial charge in [0.05, 0.1) is 0 Å². The minimum Gasteiger partial charge on any atom is -0.504 e. The lowest BCUT2D eigenvalue weighted by atomic mass is 9.70. The Labute approximate surface area is 144 Å². The first-order valence-electron chi connectivity index (χ1n) is 9.27. The zero-order valence-corrected chi connectivity index (χ0v) is 14.9. The highest BCUT2D eigenvalue weighted by Gasteiger charge is 2.49. The van der Waals surface area contributed by atoms with Gasteiger partial charge in [0.15, 0.2) is 11.5 Å². The summed E-state index contributed by atoms with van der Waals surface area (Å²) in [4.78, 5) is 4.92. The summed E-state index contributed by atoms with van der Waals surface area (Å²) in [6.07, 6.45) is 4.99. The lowest BCUT2D eigenvalue weighted by molar-refractivity contribution is 0.108. The molecule has 4 rings (SSSR count). The van der Waals surface area contributed by atoms with Crippen molar-refractivity contribution in [3.8, 4) is 11.5 Å². The molecular weight excluding hydrogens is 300 g/mol. The predicted molar refractivity (Wildman–Crippen MR) is 96.3 cm³/mol. The number of nitrogens with one attached hydrogen (secondary N) is 1. The van der Waals surface area contributed by atoms with Crippen molar-refractivity contribution >= 4 is 5.71 Å². The van der Waals surface area contributed by atoms with Gasteiger partial charge in [-0.25, -0.2) is 0 Å². The molecule has 3 unspecified atom stereocenters. The second-order valence-corrected chi connectivity index (χ2v) is 7.76. The van der Waals surface area contributed by atoms with Crippen LogP contribution in [0.2, 0.25) is 0 Å². The number of aliphatic imine (C=N–C) groups is 1. The third-order valence-electron chi connectivity index (χ3n) is 6.16. The Balaban J connectivity index is 1.71. The minimum atomic E-state index is 0.0850. The Hall–Kier alpha value is -1.55. The number of hydrogen-bond donors (Lipinski definition) is 2. The lowest BCUT2D eigenvalue weighted by Gasteiger charge is -2.38. The van der Waals surface area contributed by atoms with Crippen molar-refractivity contribution in [1.29, 1.82) is 0 Å². The highest BCUT2D eigenvalue weighted by Crippen LogP contribution is 2.53. The van der Waals surface area contributed by atoms with Gasteiger partial charge < -0.3 is 15.2 Å². The molecule has 0 bridgehead atoms. The van der Waals surface area contributed by atoms with Crippen LogP contribution in [0.3, 0.4) is 0 Å². The zero-order valence-electron chi connectivity index (χ0n) is 14.9. The SMILES string of the molecule is CN[C@@H]1CCC(C(C)=NCC2CC2)C2c3c(C)ccc(O)c3OC21. The van der Waals surface area contributed by atoms with Crippen LogP contribution in [0.5, 0.6) is 11.5 Å². The molecule has 4 heteroatoms. The van der Waals surface area contributed by atoms with Gasteiger partial charge in [-0.05, 0) is 64.1 Å². The number of benzene rings is 1. The van der Waals surface area contributed by atoms with Crippen LogP contribution in [0.1, 0.15) is 49.7 Å². The van der Waals surface area contributed by atoms with Gasteiger partial charge in [-0.1, -0.05) is 6.07 Å². The summed E-state index contributed by atoms with van der Waals surface area (Å²) in [6.45, 7) is 5.31. The van der Waals surface area contributed by atoms with E-state index in [1.54, 1.807) is 6.07 Å². The maximum atomic E-state index is 10.3. The first-order valence-corrected chi connectivity index (χ1v) is 9.27. The molecule has 0 amide bonds. The second-order valence-electron chi connectivity index (χ2n) is 7.76. The summed E-state index contributed by atoms with van der Waals surface area (Å²) in [7, 11) is 2.01. The molecule has 3 aliphatic rings. The smallest absolute Gasteiger partial charge is 0.165 e. The molecular formula is C20H28N2O2. The first kappa shape index (κ1) is 15.9. The van der Waals surface area contributed by atoms with Crippen molar-refractivity contribution in [2.24, 2.45) is 16.8 Å². The van der Waals surface area contributed by atoms with Crippen LogP contribution >= 0.6 is 0 Å². The summed E-state index contributed by atoms with van der Waals surface area (Å²) in [5.41, 5.74) is 3.68. The van der Waals surface area contributed by atoms with Crippen molar-refractivity contribution in [3.05, 3.63) is 23.3 Å². The van der Waals surface area contributed by atoms with Crippen molar-refractivity contribution < 1.29 is 9.84 Å². The molecule has 4 atom stereocenters. The maximum Gasteiger partial charge on any atom is 0.165 e. The number of fused-ring (bicyclic) bond motifs is 3. The molecule has 0 radical (unpaired) electrons. The number of rotatable bonds is 4. The monoisotopic (exact) mass is 328 g/mol. The van der Waals surface area contributed by atoms with Gasteiger partial charge in [-0.2, -0.15) is 0 Å². The number of phenols is 1. The third-order valence-corrected chi connectivity index (χ3v) is 6.16. The predicted octanol–water partition coefficient (Wildman–Crippen LogP) is 3.41. The van der Waals surface area contributed by atoms with Crippen LogP contribution in [-0.2, 0) is 0 Å². The Morgan fingerprint density at radius 2 is 2.08 bits per heavy atom. The summed E-state index contributed by atoms with van der Waals surface area (Å²) in [6, 6.07) is 4.09. The molecule has 1 aliphatic heterocycles. The number of nitrogens with zero attached hydrogens (tertiary/aromatic N) is 1. The number of hydrogen-bond acceptors (Lipinski definition) is 4. The van der Waals surface area contributed by atoms with Crippen molar-refractivity contribution in [2.45, 2.75) is 57.6 Å². The van der Waals surface area contributed by atoms with Gasteiger partial charge in [-0.15, -0.1) is 0 Å². The van der Waals surface area contributed by atoms with Gasteiger partial charge in [0.2, 0.25) is 0 Å². The fourth-order valence-corrected chi connectivity index (χ4v) is 4.53. The Kier molecular flexibility index (Phi) is 4.03. The number of likely N-dealkylation sites (N-methyl/N-ethyl adjacent to an activating group) is 1. The minimum absolute atomic E-state index is 0.0850. The van der Waals surface area contributed by atoms with Crippen molar-refractivity contribution in [3.63, 3.8) is 0 Å². The fraction of sp³-hybridized carbons (Fsp3) is 0.650. The van der Waals surface area contributed by atoms with E-state index in [2.05, 4.69) is 19.2 Å². The molecule has 24 heavy (non-hydrogen) atoms. The van der Waals surface area contributed by atoms with Crippen LogP contribution in [0.25, 0.3) is 0 Å². The molecule has 2 saturated carbocycles. The van der Waals surface area contributed by atoms with Crippen molar-refractivity contribution in [1.82, 2.24) is 5.32 Å². The molecule has 1 aromatic rings. The topological polar surface area (TPSA) is 53.9 Å². The third kappa shape index (κ3) is 2.61. The molecule has 2 fully saturated rings. The molecule has 1 heterocycles. The van der Waals surface area contributed by atoms with Gasteiger partial charge in [0, 0.05) is 35.7 Å². The lowest BCUT2D eigenvalue weighted by Crippen LogP contribution is -2.49. The quantitative estimate of drug-likeness (QED) is 0.833. The van der Waals surface area contributed by atoms with Gasteiger partial charge in [0.25, 0.3) is 0 Å². The largest absolute Gasteiger partial charge is 0.504 e. The average molecular weight is 328 g/mol. The Morgan fingerprint density at radius 1 is 1.29 bits per heavy atom. The van der Waals surface area contributed by atoms with E-state index >= 15 is 0 Å². The molecule has 4 nitrogen and oxygen atoms in total. The molecule has 2 N–H and O–H groups in total. The summed E-state index contributed by atoms with van der Waals surface area (Å²) >= 11 is 0. The van der Waals surface area contributed by atoms with Gasteiger partial charge in [-0.3, -0.25) is 4.99 Å². The highest BCUT2D eigenvalue weighted by atomic mass is 16.5.